The first-order chi connectivity index (χ1) is 8.49. The topological polar surface area (TPSA) is 81.7 Å². The fourth-order valence-corrected chi connectivity index (χ4v) is 1.42. The summed E-state index contributed by atoms with van der Waals surface area (Å²) in [5, 5.41) is 13.1. The fourth-order valence-electron chi connectivity index (χ4n) is 1.42. The van der Waals surface area contributed by atoms with E-state index in [0.717, 1.165) is 5.56 Å². The van der Waals surface area contributed by atoms with E-state index in [1.165, 1.54) is 6.07 Å². The van der Waals surface area contributed by atoms with Gasteiger partial charge in [0.2, 0.25) is 0 Å². The molecule has 0 fully saturated rings. The van der Waals surface area contributed by atoms with Gasteiger partial charge in [-0.25, -0.2) is 14.6 Å². The lowest BCUT2D eigenvalue weighted by Crippen LogP contribution is -2.43. The molecule has 0 aliphatic carbocycles. The van der Waals surface area contributed by atoms with E-state index in [1.54, 1.807) is 31.2 Å². The number of rotatable bonds is 5. The zero-order valence-electron chi connectivity index (χ0n) is 10.4. The molecule has 0 unspecified atom stereocenters. The van der Waals surface area contributed by atoms with Gasteiger partial charge in [0.25, 0.3) is 0 Å². The highest BCUT2D eigenvalue weighted by Gasteiger charge is 2.04. The number of carboxylic acids is 1. The zero-order valence-corrected chi connectivity index (χ0v) is 10.4. The Morgan fingerprint density at radius 1 is 1.33 bits per heavy atom. The van der Waals surface area contributed by atoms with Crippen molar-refractivity contribution in [2.24, 2.45) is 0 Å². The summed E-state index contributed by atoms with van der Waals surface area (Å²) in [5.41, 5.74) is 3.68. The molecule has 1 aromatic rings. The van der Waals surface area contributed by atoms with Crippen LogP contribution in [0.1, 0.15) is 15.9 Å². The van der Waals surface area contributed by atoms with E-state index in [2.05, 4.69) is 10.7 Å². The van der Waals surface area contributed by atoms with Crippen LogP contribution in [0, 0.1) is 0 Å². The maximum atomic E-state index is 11.3. The Balaban J connectivity index is 2.42. The van der Waals surface area contributed by atoms with Crippen molar-refractivity contribution in [3.8, 4) is 0 Å². The smallest absolute Gasteiger partial charge is 0.335 e. The van der Waals surface area contributed by atoms with Crippen LogP contribution >= 0.6 is 0 Å². The van der Waals surface area contributed by atoms with Crippen LogP contribution in [0.3, 0.4) is 0 Å². The normalized spacial score (nSPS) is 10.2. The predicted molar refractivity (Wildman–Crippen MR) is 67.3 cm³/mol. The standard InChI is InChI=1S/C12H17N3O3/c1-15(2)14-12(18)13-7-6-9-4-3-5-10(8-9)11(16)17/h3-5,8H,6-7H2,1-2H3,(H,16,17)(H2,13,14,18). The van der Waals surface area contributed by atoms with E-state index >= 15 is 0 Å². The first-order valence-electron chi connectivity index (χ1n) is 5.53. The lowest BCUT2D eigenvalue weighted by Gasteiger charge is -2.12. The number of hydrogen-bond acceptors (Lipinski definition) is 3. The summed E-state index contributed by atoms with van der Waals surface area (Å²) in [6.45, 7) is 0.447. The molecule has 6 heteroatoms. The van der Waals surface area contributed by atoms with Crippen LogP contribution in [-0.2, 0) is 6.42 Å². The largest absolute Gasteiger partial charge is 0.478 e. The number of aromatic carboxylic acids is 1. The van der Waals surface area contributed by atoms with Crippen LogP contribution in [-0.4, -0.2) is 42.8 Å². The maximum absolute atomic E-state index is 11.3. The third-order valence-corrected chi connectivity index (χ3v) is 2.20. The van der Waals surface area contributed by atoms with Crippen molar-refractivity contribution in [1.29, 1.82) is 0 Å². The van der Waals surface area contributed by atoms with Crippen molar-refractivity contribution in [3.05, 3.63) is 35.4 Å². The van der Waals surface area contributed by atoms with Crippen molar-refractivity contribution in [3.63, 3.8) is 0 Å². The van der Waals surface area contributed by atoms with Gasteiger partial charge in [-0.3, -0.25) is 5.43 Å². The summed E-state index contributed by atoms with van der Waals surface area (Å²) in [4.78, 5) is 22.0. The van der Waals surface area contributed by atoms with E-state index in [-0.39, 0.29) is 11.6 Å². The molecule has 6 nitrogen and oxygen atoms in total. The second-order valence-corrected chi connectivity index (χ2v) is 4.02. The Bertz CT molecular complexity index is 432. The summed E-state index contributed by atoms with van der Waals surface area (Å²) in [7, 11) is 3.44. The first kappa shape index (κ1) is 14.0. The number of hydrogen-bond donors (Lipinski definition) is 3. The summed E-state index contributed by atoms with van der Waals surface area (Å²) in [5.74, 6) is -0.949. The predicted octanol–water partition coefficient (Wildman–Crippen LogP) is 0.703. The molecule has 0 aliphatic rings. The van der Waals surface area contributed by atoms with Crippen LogP contribution in [0.2, 0.25) is 0 Å². The van der Waals surface area contributed by atoms with Gasteiger partial charge < -0.3 is 10.4 Å². The highest BCUT2D eigenvalue weighted by atomic mass is 16.4. The van der Waals surface area contributed by atoms with Gasteiger partial charge in [-0.15, -0.1) is 0 Å². The molecular formula is C12H17N3O3. The van der Waals surface area contributed by atoms with E-state index in [4.69, 9.17) is 5.11 Å². The number of nitrogens with one attached hydrogen (secondary N) is 2. The van der Waals surface area contributed by atoms with Gasteiger partial charge in [-0.2, -0.15) is 0 Å². The monoisotopic (exact) mass is 251 g/mol. The quantitative estimate of drug-likeness (QED) is 0.673. The maximum Gasteiger partial charge on any atom is 0.335 e. The molecule has 0 bridgehead atoms. The lowest BCUT2D eigenvalue weighted by molar-refractivity contribution is 0.0696. The number of carbonyl (C=O) groups is 2. The van der Waals surface area contributed by atoms with Gasteiger partial charge in [0.15, 0.2) is 0 Å². The Morgan fingerprint density at radius 2 is 2.06 bits per heavy atom. The Kier molecular flexibility index (Phi) is 5.13. The highest BCUT2D eigenvalue weighted by molar-refractivity contribution is 5.87. The van der Waals surface area contributed by atoms with E-state index < -0.39 is 5.97 Å². The molecule has 0 aromatic heterocycles. The zero-order chi connectivity index (χ0) is 13.5. The van der Waals surface area contributed by atoms with Gasteiger partial charge in [-0.05, 0) is 24.1 Å². The van der Waals surface area contributed by atoms with Gasteiger partial charge in [0, 0.05) is 20.6 Å². The van der Waals surface area contributed by atoms with Gasteiger partial charge in [-0.1, -0.05) is 12.1 Å². The van der Waals surface area contributed by atoms with Gasteiger partial charge in [0.05, 0.1) is 5.56 Å². The lowest BCUT2D eigenvalue weighted by atomic mass is 10.1. The van der Waals surface area contributed by atoms with Gasteiger partial charge in [0.1, 0.15) is 0 Å². The number of benzene rings is 1. The summed E-state index contributed by atoms with van der Waals surface area (Å²) in [6, 6.07) is 6.39. The first-order valence-corrected chi connectivity index (χ1v) is 5.53. The van der Waals surface area contributed by atoms with Crippen LogP contribution in [0.25, 0.3) is 0 Å². The SMILES string of the molecule is CN(C)NC(=O)NCCc1cccc(C(=O)O)c1. The highest BCUT2D eigenvalue weighted by Crippen LogP contribution is 2.05. The number of nitrogens with zero attached hydrogens (tertiary/aromatic N) is 1. The third kappa shape index (κ3) is 4.84. The number of carboxylic acid groups (broad SMARTS) is 1. The molecule has 0 radical (unpaired) electrons. The summed E-state index contributed by atoms with van der Waals surface area (Å²) >= 11 is 0. The van der Waals surface area contributed by atoms with E-state index in [9.17, 15) is 9.59 Å². The number of carbonyl (C=O) groups excluding carboxylic acids is 1. The van der Waals surface area contributed by atoms with Crippen LogP contribution in [0.4, 0.5) is 4.79 Å². The van der Waals surface area contributed by atoms with Crippen molar-refractivity contribution >= 4 is 12.0 Å². The Morgan fingerprint density at radius 3 is 2.67 bits per heavy atom. The minimum Gasteiger partial charge on any atom is -0.478 e. The van der Waals surface area contributed by atoms with Crippen molar-refractivity contribution in [1.82, 2.24) is 15.8 Å². The average molecular weight is 251 g/mol. The molecule has 0 heterocycles. The fraction of sp³-hybridized carbons (Fsp3) is 0.333. The van der Waals surface area contributed by atoms with E-state index in [0.29, 0.717) is 13.0 Å². The molecule has 0 saturated carbocycles. The molecule has 0 aliphatic heterocycles. The minimum atomic E-state index is -0.949. The second kappa shape index (κ2) is 6.61. The molecule has 98 valence electrons. The summed E-state index contributed by atoms with van der Waals surface area (Å²) in [6.07, 6.45) is 0.585. The Hall–Kier alpha value is -2.08. The average Bonchev–Trinajstić information content (AvgIpc) is 2.28. The van der Waals surface area contributed by atoms with Crippen LogP contribution < -0.4 is 10.7 Å². The second-order valence-electron chi connectivity index (χ2n) is 4.02. The van der Waals surface area contributed by atoms with Gasteiger partial charge >= 0.3 is 12.0 Å². The number of hydrazine groups is 1. The van der Waals surface area contributed by atoms with Crippen LogP contribution in [0.15, 0.2) is 24.3 Å². The molecule has 1 rings (SSSR count). The number of amides is 2. The molecule has 0 atom stereocenters. The molecule has 3 N–H and O–H groups in total. The molecule has 18 heavy (non-hydrogen) atoms. The molecule has 0 spiro atoms. The minimum absolute atomic E-state index is 0.255. The molecule has 0 saturated heterocycles. The third-order valence-electron chi connectivity index (χ3n) is 2.20. The van der Waals surface area contributed by atoms with Crippen molar-refractivity contribution < 1.29 is 14.7 Å². The van der Waals surface area contributed by atoms with Crippen LogP contribution in [0.5, 0.6) is 0 Å². The molecular weight excluding hydrogens is 234 g/mol. The number of urea groups is 1. The summed E-state index contributed by atoms with van der Waals surface area (Å²) < 4.78 is 0. The molecule has 2 amide bonds. The van der Waals surface area contributed by atoms with Crippen molar-refractivity contribution in [2.45, 2.75) is 6.42 Å². The molecule has 1 aromatic carbocycles. The van der Waals surface area contributed by atoms with E-state index in [1.807, 2.05) is 6.07 Å². The van der Waals surface area contributed by atoms with Crippen molar-refractivity contribution in [2.75, 3.05) is 20.6 Å². The Labute approximate surface area is 106 Å².